The molecule has 0 radical (unpaired) electrons. The molecule has 0 saturated carbocycles. The van der Waals surface area contributed by atoms with Gasteiger partial charge in [0, 0.05) is 19.0 Å². The zero-order valence-corrected chi connectivity index (χ0v) is 8.82. The molecule has 0 atom stereocenters. The Hall–Kier alpha value is -1.55. The second-order valence-electron chi connectivity index (χ2n) is 3.41. The summed E-state index contributed by atoms with van der Waals surface area (Å²) in [6, 6.07) is 5.45. The van der Waals surface area contributed by atoms with E-state index in [2.05, 4.69) is 0 Å². The van der Waals surface area contributed by atoms with Crippen LogP contribution >= 0.6 is 0 Å². The molecule has 15 heavy (non-hydrogen) atoms. The van der Waals surface area contributed by atoms with E-state index in [9.17, 15) is 4.79 Å². The second kappa shape index (κ2) is 3.90. The van der Waals surface area contributed by atoms with Crippen LogP contribution in [0.15, 0.2) is 18.2 Å². The number of hydrogen-bond donors (Lipinski definition) is 0. The fourth-order valence-corrected chi connectivity index (χ4v) is 1.58. The third-order valence-corrected chi connectivity index (χ3v) is 2.50. The number of amides is 1. The van der Waals surface area contributed by atoms with Crippen molar-refractivity contribution in [3.8, 4) is 5.75 Å². The van der Waals surface area contributed by atoms with Gasteiger partial charge in [-0.2, -0.15) is 0 Å². The maximum atomic E-state index is 11.7. The lowest BCUT2D eigenvalue weighted by molar-refractivity contribution is -0.0757. The van der Waals surface area contributed by atoms with Crippen LogP contribution in [0.2, 0.25) is 0 Å². The van der Waals surface area contributed by atoms with Gasteiger partial charge in [0.15, 0.2) is 0 Å². The van der Waals surface area contributed by atoms with E-state index >= 15 is 0 Å². The summed E-state index contributed by atoms with van der Waals surface area (Å²) in [6.07, 6.45) is 0.868. The molecule has 1 amide bonds. The van der Waals surface area contributed by atoms with Crippen LogP contribution < -0.4 is 4.74 Å². The quantitative estimate of drug-likeness (QED) is 0.685. The number of hydroxylamine groups is 2. The van der Waals surface area contributed by atoms with Crippen LogP contribution in [0.4, 0.5) is 0 Å². The van der Waals surface area contributed by atoms with Crippen LogP contribution in [0.25, 0.3) is 0 Å². The Kier molecular flexibility index (Phi) is 2.60. The molecule has 2 rings (SSSR count). The fourth-order valence-electron chi connectivity index (χ4n) is 1.58. The summed E-state index contributed by atoms with van der Waals surface area (Å²) < 4.78 is 5.36. The molecule has 0 aliphatic carbocycles. The van der Waals surface area contributed by atoms with Crippen molar-refractivity contribution in [3.63, 3.8) is 0 Å². The highest BCUT2D eigenvalue weighted by Gasteiger charge is 2.16. The van der Waals surface area contributed by atoms with E-state index in [4.69, 9.17) is 9.57 Å². The molecular formula is C11H13NO3. The Morgan fingerprint density at radius 3 is 3.07 bits per heavy atom. The minimum Gasteiger partial charge on any atom is -0.493 e. The largest absolute Gasteiger partial charge is 0.493 e. The fraction of sp³-hybridized carbons (Fsp3) is 0.364. The predicted molar refractivity (Wildman–Crippen MR) is 54.7 cm³/mol. The summed E-state index contributed by atoms with van der Waals surface area (Å²) in [5.41, 5.74) is 1.72. The molecule has 0 bridgehead atoms. The number of fused-ring (bicyclic) bond motifs is 1. The van der Waals surface area contributed by atoms with Crippen molar-refractivity contribution in [1.82, 2.24) is 5.06 Å². The number of rotatable bonds is 2. The molecule has 0 unspecified atom stereocenters. The molecule has 1 aliphatic rings. The first-order valence-electron chi connectivity index (χ1n) is 4.80. The monoisotopic (exact) mass is 207 g/mol. The third-order valence-electron chi connectivity index (χ3n) is 2.50. The maximum Gasteiger partial charge on any atom is 0.277 e. The molecule has 0 aromatic heterocycles. The van der Waals surface area contributed by atoms with Crippen LogP contribution in [0.3, 0.4) is 0 Å². The number of carbonyl (C=O) groups excluding carboxylic acids is 1. The van der Waals surface area contributed by atoms with Gasteiger partial charge in [-0.1, -0.05) is 0 Å². The molecular weight excluding hydrogens is 194 g/mol. The van der Waals surface area contributed by atoms with Gasteiger partial charge < -0.3 is 4.74 Å². The summed E-state index contributed by atoms with van der Waals surface area (Å²) in [5.74, 6) is 0.735. The Bertz CT molecular complexity index is 389. The Morgan fingerprint density at radius 2 is 2.33 bits per heavy atom. The van der Waals surface area contributed by atoms with Crippen molar-refractivity contribution in [2.24, 2.45) is 0 Å². The van der Waals surface area contributed by atoms with Gasteiger partial charge in [0.1, 0.15) is 5.75 Å². The van der Waals surface area contributed by atoms with Gasteiger partial charge in [-0.05, 0) is 23.8 Å². The molecule has 0 fully saturated rings. The Morgan fingerprint density at radius 1 is 1.53 bits per heavy atom. The lowest BCUT2D eigenvalue weighted by Gasteiger charge is -2.13. The first-order chi connectivity index (χ1) is 7.22. The normalized spacial score (nSPS) is 13.2. The topological polar surface area (TPSA) is 38.8 Å². The van der Waals surface area contributed by atoms with Crippen LogP contribution in [-0.4, -0.2) is 31.7 Å². The molecule has 1 aromatic carbocycles. The summed E-state index contributed by atoms with van der Waals surface area (Å²) in [5, 5.41) is 1.21. The average molecular weight is 207 g/mol. The Labute approximate surface area is 88.4 Å². The third kappa shape index (κ3) is 1.80. The summed E-state index contributed by atoms with van der Waals surface area (Å²) in [7, 11) is 3.06. The van der Waals surface area contributed by atoms with Crippen molar-refractivity contribution >= 4 is 5.91 Å². The number of carbonyl (C=O) groups is 1. The zero-order chi connectivity index (χ0) is 10.8. The molecule has 0 N–H and O–H groups in total. The Balaban J connectivity index is 2.26. The van der Waals surface area contributed by atoms with Crippen LogP contribution in [-0.2, 0) is 11.3 Å². The van der Waals surface area contributed by atoms with Gasteiger partial charge in [-0.15, -0.1) is 0 Å². The number of ether oxygens (including phenoxy) is 1. The standard InChI is InChI=1S/C11H13NO3/c1-12(14-2)11(13)9-3-4-10-8(7-9)5-6-15-10/h3-4,7H,5-6H2,1-2H3. The molecule has 80 valence electrons. The minimum absolute atomic E-state index is 0.146. The first-order valence-corrected chi connectivity index (χ1v) is 4.80. The van der Waals surface area contributed by atoms with Crippen molar-refractivity contribution in [1.29, 1.82) is 0 Å². The van der Waals surface area contributed by atoms with E-state index in [1.807, 2.05) is 12.1 Å². The summed E-state index contributed by atoms with van der Waals surface area (Å²) in [4.78, 5) is 16.6. The average Bonchev–Trinajstić information content (AvgIpc) is 2.73. The van der Waals surface area contributed by atoms with Crippen molar-refractivity contribution < 1.29 is 14.4 Å². The number of nitrogens with zero attached hydrogens (tertiary/aromatic N) is 1. The van der Waals surface area contributed by atoms with Crippen molar-refractivity contribution in [2.45, 2.75) is 6.42 Å². The van der Waals surface area contributed by atoms with Crippen LogP contribution in [0.5, 0.6) is 5.75 Å². The maximum absolute atomic E-state index is 11.7. The first kappa shape index (κ1) is 9.98. The van der Waals surface area contributed by atoms with Gasteiger partial charge >= 0.3 is 0 Å². The highest BCUT2D eigenvalue weighted by atomic mass is 16.7. The molecule has 0 saturated heterocycles. The SMILES string of the molecule is CON(C)C(=O)c1ccc2c(c1)CCO2. The van der Waals surface area contributed by atoms with Gasteiger partial charge in [-0.3, -0.25) is 9.63 Å². The van der Waals surface area contributed by atoms with Gasteiger partial charge in [0.25, 0.3) is 5.91 Å². The number of benzene rings is 1. The van der Waals surface area contributed by atoms with Gasteiger partial charge in [0.05, 0.1) is 13.7 Å². The van der Waals surface area contributed by atoms with E-state index in [1.54, 1.807) is 13.1 Å². The summed E-state index contributed by atoms with van der Waals surface area (Å²) in [6.45, 7) is 0.701. The molecule has 4 heteroatoms. The van der Waals surface area contributed by atoms with Crippen molar-refractivity contribution in [3.05, 3.63) is 29.3 Å². The summed E-state index contributed by atoms with van der Waals surface area (Å²) >= 11 is 0. The number of hydrogen-bond acceptors (Lipinski definition) is 3. The van der Waals surface area contributed by atoms with E-state index < -0.39 is 0 Å². The second-order valence-corrected chi connectivity index (χ2v) is 3.41. The zero-order valence-electron chi connectivity index (χ0n) is 8.82. The molecule has 0 spiro atoms. The predicted octanol–water partition coefficient (Wildman–Crippen LogP) is 1.25. The highest BCUT2D eigenvalue weighted by Crippen LogP contribution is 2.26. The van der Waals surface area contributed by atoms with Gasteiger partial charge in [-0.25, -0.2) is 5.06 Å². The lowest BCUT2D eigenvalue weighted by Crippen LogP contribution is -2.25. The van der Waals surface area contributed by atoms with E-state index in [1.165, 1.54) is 12.2 Å². The van der Waals surface area contributed by atoms with Crippen LogP contribution in [0, 0.1) is 0 Å². The van der Waals surface area contributed by atoms with E-state index in [0.29, 0.717) is 12.2 Å². The van der Waals surface area contributed by atoms with Gasteiger partial charge in [0.2, 0.25) is 0 Å². The van der Waals surface area contributed by atoms with Crippen molar-refractivity contribution in [2.75, 3.05) is 20.8 Å². The molecule has 4 nitrogen and oxygen atoms in total. The van der Waals surface area contributed by atoms with E-state index in [-0.39, 0.29) is 5.91 Å². The minimum atomic E-state index is -0.146. The molecule has 1 aliphatic heterocycles. The molecule has 1 aromatic rings. The van der Waals surface area contributed by atoms with E-state index in [0.717, 1.165) is 17.7 Å². The van der Waals surface area contributed by atoms with Crippen LogP contribution in [0.1, 0.15) is 15.9 Å². The highest BCUT2D eigenvalue weighted by molar-refractivity contribution is 5.93. The molecule has 1 heterocycles. The smallest absolute Gasteiger partial charge is 0.277 e. The lowest BCUT2D eigenvalue weighted by atomic mass is 10.1.